The molecular formula is C18H17N3O6S. The van der Waals surface area contributed by atoms with Crippen LogP contribution >= 0.6 is 0 Å². The Kier molecular flexibility index (Phi) is 5.16. The van der Waals surface area contributed by atoms with Crippen LogP contribution < -0.4 is 15.4 Å². The highest BCUT2D eigenvalue weighted by Gasteiger charge is 2.19. The fraction of sp³-hybridized carbons (Fsp3) is 0.167. The number of carbonyl (C=O) groups excluding carboxylic acids is 1. The zero-order valence-electron chi connectivity index (χ0n) is 15.1. The number of nitrogens with zero attached hydrogens (tertiary/aromatic N) is 2. The van der Waals surface area contributed by atoms with Crippen molar-refractivity contribution < 1.29 is 22.7 Å². The van der Waals surface area contributed by atoms with Crippen molar-refractivity contribution in [1.29, 1.82) is 0 Å². The van der Waals surface area contributed by atoms with Gasteiger partial charge in [-0.15, -0.1) is 0 Å². The van der Waals surface area contributed by atoms with E-state index < -0.39 is 16.0 Å². The molecule has 0 amide bonds. The van der Waals surface area contributed by atoms with Gasteiger partial charge in [0.2, 0.25) is 10.0 Å². The molecule has 2 heterocycles. The Labute approximate surface area is 160 Å². The van der Waals surface area contributed by atoms with Crippen LogP contribution in [0.5, 0.6) is 5.75 Å². The average molecular weight is 403 g/mol. The summed E-state index contributed by atoms with van der Waals surface area (Å²) in [4.78, 5) is 28.8. The van der Waals surface area contributed by atoms with Crippen LogP contribution in [0.3, 0.4) is 0 Å². The third kappa shape index (κ3) is 3.87. The summed E-state index contributed by atoms with van der Waals surface area (Å²) in [6.07, 6.45) is 0. The quantitative estimate of drug-likeness (QED) is 0.629. The predicted octanol–water partition coefficient (Wildman–Crippen LogP) is 1.02. The van der Waals surface area contributed by atoms with Crippen molar-refractivity contribution in [2.24, 2.45) is 5.14 Å². The maximum atomic E-state index is 12.4. The van der Waals surface area contributed by atoms with E-state index in [1.807, 2.05) is 0 Å². The van der Waals surface area contributed by atoms with Gasteiger partial charge in [-0.1, -0.05) is 6.07 Å². The van der Waals surface area contributed by atoms with E-state index in [1.54, 1.807) is 25.1 Å². The Morgan fingerprint density at radius 2 is 1.96 bits per heavy atom. The normalized spacial score (nSPS) is 11.4. The molecule has 3 aromatic rings. The lowest BCUT2D eigenvalue weighted by atomic mass is 10.2. The molecule has 146 valence electrons. The molecule has 0 aliphatic heterocycles. The zero-order chi connectivity index (χ0) is 20.5. The number of rotatable bonds is 5. The van der Waals surface area contributed by atoms with Gasteiger partial charge >= 0.3 is 5.97 Å². The van der Waals surface area contributed by atoms with Gasteiger partial charge in [-0.25, -0.2) is 23.3 Å². The third-order valence-electron chi connectivity index (χ3n) is 4.00. The van der Waals surface area contributed by atoms with E-state index >= 15 is 0 Å². The highest BCUT2D eigenvalue weighted by Crippen LogP contribution is 2.23. The minimum absolute atomic E-state index is 0.109. The topological polar surface area (TPSA) is 130 Å². The molecule has 10 heteroatoms. The molecule has 9 nitrogen and oxygen atoms in total. The standard InChI is InChI=1S/C18H17N3O6S/c1-11-4-3-5-16-20-12(8-17(22)21(11)16)10-27-18(23)14-9-13(28(19,24)25)6-7-15(14)26-2/h3-9H,10H2,1-2H3,(H2,19,24,25). The second-order valence-electron chi connectivity index (χ2n) is 5.93. The van der Waals surface area contributed by atoms with Crippen LogP contribution in [-0.2, 0) is 21.4 Å². The lowest BCUT2D eigenvalue weighted by Gasteiger charge is -2.10. The molecule has 0 aliphatic rings. The maximum Gasteiger partial charge on any atom is 0.342 e. The summed E-state index contributed by atoms with van der Waals surface area (Å²) in [7, 11) is -2.67. The first-order valence-electron chi connectivity index (χ1n) is 8.07. The molecule has 2 N–H and O–H groups in total. The second-order valence-corrected chi connectivity index (χ2v) is 7.49. The lowest BCUT2D eigenvalue weighted by molar-refractivity contribution is 0.0463. The number of hydrogen-bond donors (Lipinski definition) is 1. The number of aryl methyl sites for hydroxylation is 1. The van der Waals surface area contributed by atoms with Crippen LogP contribution in [0.15, 0.2) is 52.2 Å². The number of benzene rings is 1. The molecule has 0 bridgehead atoms. The summed E-state index contributed by atoms with van der Waals surface area (Å²) in [5, 5.41) is 5.10. The predicted molar refractivity (Wildman–Crippen MR) is 99.7 cm³/mol. The number of ether oxygens (including phenoxy) is 2. The molecule has 2 aromatic heterocycles. The van der Waals surface area contributed by atoms with E-state index in [2.05, 4.69) is 4.98 Å². The maximum absolute atomic E-state index is 12.4. The minimum atomic E-state index is -4.00. The summed E-state index contributed by atoms with van der Waals surface area (Å²) < 4.78 is 34.7. The summed E-state index contributed by atoms with van der Waals surface area (Å²) in [6, 6.07) is 10.1. The van der Waals surface area contributed by atoms with Crippen molar-refractivity contribution in [2.75, 3.05) is 7.11 Å². The largest absolute Gasteiger partial charge is 0.496 e. The number of nitrogens with two attached hydrogens (primary N) is 1. The molecule has 0 saturated carbocycles. The zero-order valence-corrected chi connectivity index (χ0v) is 15.9. The minimum Gasteiger partial charge on any atom is -0.496 e. The van der Waals surface area contributed by atoms with Crippen molar-refractivity contribution in [3.8, 4) is 5.75 Å². The van der Waals surface area contributed by atoms with Gasteiger partial charge in [0.1, 0.15) is 23.6 Å². The first-order chi connectivity index (χ1) is 13.2. The molecule has 0 fully saturated rings. The molecule has 0 saturated heterocycles. The monoisotopic (exact) mass is 403 g/mol. The molecule has 3 rings (SSSR count). The van der Waals surface area contributed by atoms with Crippen LogP contribution in [0.25, 0.3) is 5.65 Å². The summed E-state index contributed by atoms with van der Waals surface area (Å²) in [5.74, 6) is -0.715. The van der Waals surface area contributed by atoms with Crippen molar-refractivity contribution in [3.05, 3.63) is 69.8 Å². The van der Waals surface area contributed by atoms with E-state index in [-0.39, 0.29) is 34.1 Å². The number of sulfonamides is 1. The molecule has 0 radical (unpaired) electrons. The molecule has 28 heavy (non-hydrogen) atoms. The summed E-state index contributed by atoms with van der Waals surface area (Å²) in [5.41, 5.74) is 0.992. The molecular weight excluding hydrogens is 386 g/mol. The molecule has 0 unspecified atom stereocenters. The van der Waals surface area contributed by atoms with E-state index in [1.165, 1.54) is 29.7 Å². The van der Waals surface area contributed by atoms with Crippen LogP contribution in [0.2, 0.25) is 0 Å². The van der Waals surface area contributed by atoms with Gasteiger partial charge in [-0.2, -0.15) is 0 Å². The summed E-state index contributed by atoms with van der Waals surface area (Å²) >= 11 is 0. The number of primary sulfonamides is 1. The number of fused-ring (bicyclic) bond motifs is 1. The Morgan fingerprint density at radius 3 is 2.64 bits per heavy atom. The van der Waals surface area contributed by atoms with E-state index in [9.17, 15) is 18.0 Å². The SMILES string of the molecule is COc1ccc(S(N)(=O)=O)cc1C(=O)OCc1cc(=O)n2c(C)cccc2n1. The van der Waals surface area contributed by atoms with Gasteiger partial charge in [-0.05, 0) is 37.3 Å². The third-order valence-corrected chi connectivity index (χ3v) is 4.91. The lowest BCUT2D eigenvalue weighted by Crippen LogP contribution is -2.18. The van der Waals surface area contributed by atoms with E-state index in [0.29, 0.717) is 5.65 Å². The van der Waals surface area contributed by atoms with Gasteiger partial charge in [0, 0.05) is 11.8 Å². The highest BCUT2D eigenvalue weighted by atomic mass is 32.2. The van der Waals surface area contributed by atoms with Crippen LogP contribution in [0.4, 0.5) is 0 Å². The average Bonchev–Trinajstić information content (AvgIpc) is 2.64. The summed E-state index contributed by atoms with van der Waals surface area (Å²) in [6.45, 7) is 1.50. The van der Waals surface area contributed by atoms with Crippen molar-refractivity contribution in [1.82, 2.24) is 9.38 Å². The Hall–Kier alpha value is -3.24. The Balaban J connectivity index is 1.89. The van der Waals surface area contributed by atoms with Crippen molar-refractivity contribution in [3.63, 3.8) is 0 Å². The number of methoxy groups -OCH3 is 1. The number of esters is 1. The molecule has 0 aliphatic carbocycles. The number of pyridine rings is 1. The highest BCUT2D eigenvalue weighted by molar-refractivity contribution is 7.89. The van der Waals surface area contributed by atoms with E-state index in [4.69, 9.17) is 14.6 Å². The van der Waals surface area contributed by atoms with Crippen LogP contribution in [-0.4, -0.2) is 30.9 Å². The second kappa shape index (κ2) is 7.41. The first-order valence-corrected chi connectivity index (χ1v) is 9.61. The smallest absolute Gasteiger partial charge is 0.342 e. The number of hydrogen-bond acceptors (Lipinski definition) is 7. The number of aromatic nitrogens is 2. The van der Waals surface area contributed by atoms with Gasteiger partial charge in [0.15, 0.2) is 0 Å². The molecule has 0 spiro atoms. The van der Waals surface area contributed by atoms with E-state index in [0.717, 1.165) is 11.8 Å². The fourth-order valence-corrected chi connectivity index (χ4v) is 3.22. The first kappa shape index (κ1) is 19.5. The molecule has 0 atom stereocenters. The van der Waals surface area contributed by atoms with Gasteiger partial charge in [-0.3, -0.25) is 9.20 Å². The van der Waals surface area contributed by atoms with Gasteiger partial charge in [0.25, 0.3) is 5.56 Å². The van der Waals surface area contributed by atoms with Crippen molar-refractivity contribution >= 4 is 21.6 Å². The van der Waals surface area contributed by atoms with Gasteiger partial charge < -0.3 is 9.47 Å². The van der Waals surface area contributed by atoms with Crippen molar-refractivity contribution in [2.45, 2.75) is 18.4 Å². The molecule has 1 aromatic carbocycles. The Morgan fingerprint density at radius 1 is 1.21 bits per heavy atom. The number of carbonyl (C=O) groups is 1. The Bertz CT molecular complexity index is 1230. The van der Waals surface area contributed by atoms with Crippen LogP contribution in [0, 0.1) is 6.92 Å². The van der Waals surface area contributed by atoms with Crippen LogP contribution in [0.1, 0.15) is 21.7 Å². The van der Waals surface area contributed by atoms with Gasteiger partial charge in [0.05, 0.1) is 17.7 Å². The fourth-order valence-electron chi connectivity index (χ4n) is 2.68.